The van der Waals surface area contributed by atoms with Gasteiger partial charge in [0.1, 0.15) is 6.10 Å². The Morgan fingerprint density at radius 1 is 1.28 bits per heavy atom. The van der Waals surface area contributed by atoms with Crippen LogP contribution in [0.3, 0.4) is 0 Å². The van der Waals surface area contributed by atoms with Crippen molar-refractivity contribution in [2.24, 2.45) is 0 Å². The summed E-state index contributed by atoms with van der Waals surface area (Å²) in [4.78, 5) is 16.9. The number of hydrogen-bond acceptors (Lipinski definition) is 4. The van der Waals surface area contributed by atoms with Gasteiger partial charge >= 0.3 is 0 Å². The van der Waals surface area contributed by atoms with Crippen LogP contribution in [0.4, 0.5) is 0 Å². The highest BCUT2D eigenvalue weighted by atomic mass is 35.5. The zero-order chi connectivity index (χ0) is 16.1. The molecule has 5 nitrogen and oxygen atoms in total. The number of halogens is 3. The molecule has 1 aliphatic rings. The second kappa shape index (κ2) is 10.6. The van der Waals surface area contributed by atoms with Gasteiger partial charge in [-0.3, -0.25) is 9.78 Å². The van der Waals surface area contributed by atoms with Crippen LogP contribution in [-0.2, 0) is 9.53 Å². The number of nitrogens with zero attached hydrogens (tertiary/aromatic N) is 1. The second-order valence-corrected chi connectivity index (χ2v) is 5.75. The number of carbonyl (C=O) groups is 1. The lowest BCUT2D eigenvalue weighted by Crippen LogP contribution is -2.48. The number of hydrogen-bond donors (Lipinski definition) is 2. The van der Waals surface area contributed by atoms with Crippen LogP contribution in [0.2, 0.25) is 5.02 Å². The van der Waals surface area contributed by atoms with Gasteiger partial charge in [-0.05, 0) is 29.8 Å². The summed E-state index contributed by atoms with van der Waals surface area (Å²) in [6.45, 7) is 1.81. The van der Waals surface area contributed by atoms with Crippen molar-refractivity contribution < 1.29 is 9.53 Å². The van der Waals surface area contributed by atoms with Gasteiger partial charge in [-0.15, -0.1) is 24.8 Å². The Bertz CT molecular complexity index is 667. The van der Waals surface area contributed by atoms with Crippen molar-refractivity contribution in [3.05, 3.63) is 64.9 Å². The van der Waals surface area contributed by atoms with Gasteiger partial charge in [-0.2, -0.15) is 0 Å². The molecule has 8 heteroatoms. The van der Waals surface area contributed by atoms with E-state index >= 15 is 0 Å². The number of pyridine rings is 1. The topological polar surface area (TPSA) is 63.2 Å². The number of morpholine rings is 1. The average molecular weight is 405 g/mol. The Balaban J connectivity index is 0.00000156. The van der Waals surface area contributed by atoms with Crippen LogP contribution in [0.1, 0.15) is 17.3 Å². The smallest absolute Gasteiger partial charge is 0.251 e. The van der Waals surface area contributed by atoms with E-state index in [1.165, 1.54) is 0 Å². The lowest BCUT2D eigenvalue weighted by molar-refractivity contribution is -0.134. The molecule has 2 aromatic rings. The SMILES string of the molecule is Cl.Cl.O=C(NC(c1cccc(Cl)c1)c1ccccn1)C1CNCCO1. The van der Waals surface area contributed by atoms with Crippen LogP contribution in [0, 0.1) is 0 Å². The van der Waals surface area contributed by atoms with Gasteiger partial charge in [-0.25, -0.2) is 0 Å². The average Bonchev–Trinajstić information content (AvgIpc) is 2.61. The molecule has 2 unspecified atom stereocenters. The lowest BCUT2D eigenvalue weighted by Gasteiger charge is -2.26. The molecule has 1 saturated heterocycles. The highest BCUT2D eigenvalue weighted by Crippen LogP contribution is 2.23. The fourth-order valence-electron chi connectivity index (χ4n) is 2.53. The third-order valence-electron chi connectivity index (χ3n) is 3.67. The molecule has 1 fully saturated rings. The molecule has 0 saturated carbocycles. The summed E-state index contributed by atoms with van der Waals surface area (Å²) in [7, 11) is 0. The normalized spacial score (nSPS) is 17.6. The van der Waals surface area contributed by atoms with Crippen LogP contribution in [-0.4, -0.2) is 36.7 Å². The molecule has 0 aliphatic carbocycles. The zero-order valence-corrected chi connectivity index (χ0v) is 15.7. The summed E-state index contributed by atoms with van der Waals surface area (Å²) >= 11 is 6.09. The molecular formula is C17H20Cl3N3O2. The Kier molecular flexibility index (Phi) is 9.17. The number of nitrogens with one attached hydrogen (secondary N) is 2. The molecule has 2 atom stereocenters. The van der Waals surface area contributed by atoms with E-state index in [1.807, 2.05) is 36.4 Å². The molecule has 1 aromatic carbocycles. The molecule has 3 rings (SSSR count). The zero-order valence-electron chi connectivity index (χ0n) is 13.4. The first-order chi connectivity index (χ1) is 11.2. The van der Waals surface area contributed by atoms with E-state index in [9.17, 15) is 4.79 Å². The minimum Gasteiger partial charge on any atom is -0.366 e. The highest BCUT2D eigenvalue weighted by molar-refractivity contribution is 6.30. The molecule has 0 radical (unpaired) electrons. The molecule has 0 spiro atoms. The summed E-state index contributed by atoms with van der Waals surface area (Å²) in [5, 5.41) is 6.80. The molecule has 1 aromatic heterocycles. The first-order valence-corrected chi connectivity index (χ1v) is 7.91. The van der Waals surface area contributed by atoms with Gasteiger partial charge in [0.25, 0.3) is 5.91 Å². The van der Waals surface area contributed by atoms with Crippen LogP contribution in [0.25, 0.3) is 0 Å². The van der Waals surface area contributed by atoms with E-state index in [2.05, 4.69) is 15.6 Å². The van der Waals surface area contributed by atoms with Gasteiger partial charge in [-0.1, -0.05) is 29.8 Å². The van der Waals surface area contributed by atoms with Crippen LogP contribution in [0.5, 0.6) is 0 Å². The van der Waals surface area contributed by atoms with E-state index in [1.54, 1.807) is 12.3 Å². The van der Waals surface area contributed by atoms with E-state index in [4.69, 9.17) is 16.3 Å². The maximum Gasteiger partial charge on any atom is 0.251 e. The van der Waals surface area contributed by atoms with Crippen molar-refractivity contribution in [1.82, 2.24) is 15.6 Å². The molecule has 2 N–H and O–H groups in total. The van der Waals surface area contributed by atoms with E-state index in [-0.39, 0.29) is 36.8 Å². The number of ether oxygens (including phenoxy) is 1. The Labute approximate surface area is 164 Å². The van der Waals surface area contributed by atoms with Crippen LogP contribution >= 0.6 is 36.4 Å². The van der Waals surface area contributed by atoms with Crippen molar-refractivity contribution in [1.29, 1.82) is 0 Å². The summed E-state index contributed by atoms with van der Waals surface area (Å²) in [6.07, 6.45) is 1.21. The number of benzene rings is 1. The fourth-order valence-corrected chi connectivity index (χ4v) is 2.73. The van der Waals surface area contributed by atoms with Crippen molar-refractivity contribution in [2.45, 2.75) is 12.1 Å². The van der Waals surface area contributed by atoms with Gasteiger partial charge in [0.15, 0.2) is 0 Å². The number of rotatable bonds is 4. The Morgan fingerprint density at radius 3 is 2.76 bits per heavy atom. The van der Waals surface area contributed by atoms with Gasteiger partial charge in [0.05, 0.1) is 18.3 Å². The predicted octanol–water partition coefficient (Wildman–Crippen LogP) is 2.77. The van der Waals surface area contributed by atoms with Gasteiger partial charge in [0.2, 0.25) is 0 Å². The molecule has 25 heavy (non-hydrogen) atoms. The Hall–Kier alpha value is -1.37. The van der Waals surface area contributed by atoms with Crippen molar-refractivity contribution in [3.63, 3.8) is 0 Å². The third-order valence-corrected chi connectivity index (χ3v) is 3.91. The minimum atomic E-state index is -0.492. The first kappa shape index (κ1) is 21.7. The molecular weight excluding hydrogens is 385 g/mol. The monoisotopic (exact) mass is 403 g/mol. The van der Waals surface area contributed by atoms with Crippen molar-refractivity contribution >= 4 is 42.3 Å². The van der Waals surface area contributed by atoms with Crippen LogP contribution in [0.15, 0.2) is 48.7 Å². The largest absolute Gasteiger partial charge is 0.366 e. The maximum absolute atomic E-state index is 12.5. The molecule has 0 bridgehead atoms. The third kappa shape index (κ3) is 5.83. The van der Waals surface area contributed by atoms with Crippen LogP contribution < -0.4 is 10.6 Å². The van der Waals surface area contributed by atoms with Crippen molar-refractivity contribution in [3.8, 4) is 0 Å². The summed E-state index contributed by atoms with van der Waals surface area (Å²) < 4.78 is 5.52. The summed E-state index contributed by atoms with van der Waals surface area (Å²) in [5.74, 6) is -0.159. The first-order valence-electron chi connectivity index (χ1n) is 7.53. The fraction of sp³-hybridized carbons (Fsp3) is 0.294. The van der Waals surface area contributed by atoms with Gasteiger partial charge in [0, 0.05) is 24.3 Å². The second-order valence-electron chi connectivity index (χ2n) is 5.31. The van der Waals surface area contributed by atoms with Gasteiger partial charge < -0.3 is 15.4 Å². The summed E-state index contributed by atoms with van der Waals surface area (Å²) in [6, 6.07) is 12.7. The Morgan fingerprint density at radius 2 is 2.12 bits per heavy atom. The van der Waals surface area contributed by atoms with Crippen molar-refractivity contribution in [2.75, 3.05) is 19.7 Å². The number of amides is 1. The molecule has 2 heterocycles. The maximum atomic E-state index is 12.5. The quantitative estimate of drug-likeness (QED) is 0.822. The lowest BCUT2D eigenvalue weighted by atomic mass is 10.0. The predicted molar refractivity (Wildman–Crippen MR) is 103 cm³/mol. The standard InChI is InChI=1S/C17H18ClN3O2.2ClH/c18-13-5-3-4-12(10-13)16(14-6-1-2-7-20-14)21-17(22)15-11-19-8-9-23-15;;/h1-7,10,15-16,19H,8-9,11H2,(H,21,22);2*1H. The van der Waals surface area contributed by atoms with E-state index < -0.39 is 6.10 Å². The summed E-state index contributed by atoms with van der Waals surface area (Å²) in [5.41, 5.74) is 1.64. The molecule has 1 amide bonds. The van der Waals surface area contributed by atoms with E-state index in [0.29, 0.717) is 18.2 Å². The molecule has 136 valence electrons. The number of carbonyl (C=O) groups excluding carboxylic acids is 1. The van der Waals surface area contributed by atoms with E-state index in [0.717, 1.165) is 17.8 Å². The molecule has 1 aliphatic heterocycles. The highest BCUT2D eigenvalue weighted by Gasteiger charge is 2.26. The minimum absolute atomic E-state index is 0. The number of aromatic nitrogens is 1.